The molecule has 1 aliphatic heterocycles. The predicted molar refractivity (Wildman–Crippen MR) is 127 cm³/mol. The molecule has 0 amide bonds. The first-order chi connectivity index (χ1) is 15.6. The summed E-state index contributed by atoms with van der Waals surface area (Å²) >= 11 is 0. The number of aromatic carboxylic acids is 1. The molecule has 3 fully saturated rings. The molecule has 2 heterocycles. The van der Waals surface area contributed by atoms with Crippen LogP contribution in [0.25, 0.3) is 10.9 Å². The standard InChI is InChI=1S/C28H32N2O2/c1-17-14-24(19-4-5-19)25(23-10-12-29-27(17)23)16-30-13-11-22(18-2-3-18)15-26(30)20-6-8-21(9-7-20)28(31)32/h6-10,12,14,18-19,22,26,29H,2-5,11,13,15-16H2,1H3,(H,31,32)/t22-,26+/m1/s1. The Morgan fingerprint density at radius 1 is 1.06 bits per heavy atom. The van der Waals surface area contributed by atoms with Gasteiger partial charge in [0.15, 0.2) is 0 Å². The minimum Gasteiger partial charge on any atom is -0.478 e. The second-order valence-corrected chi connectivity index (χ2v) is 10.3. The molecule has 32 heavy (non-hydrogen) atoms. The summed E-state index contributed by atoms with van der Waals surface area (Å²) in [6, 6.07) is 12.7. The highest BCUT2D eigenvalue weighted by Crippen LogP contribution is 2.48. The molecule has 1 aromatic heterocycles. The largest absolute Gasteiger partial charge is 0.478 e. The van der Waals surface area contributed by atoms with Gasteiger partial charge < -0.3 is 10.1 Å². The molecule has 2 N–H and O–H groups in total. The number of likely N-dealkylation sites (tertiary alicyclic amines) is 1. The lowest BCUT2D eigenvalue weighted by Crippen LogP contribution is -2.37. The number of rotatable bonds is 6. The van der Waals surface area contributed by atoms with Gasteiger partial charge in [0.1, 0.15) is 0 Å². The molecule has 0 spiro atoms. The van der Waals surface area contributed by atoms with Crippen LogP contribution in [0.4, 0.5) is 0 Å². The minimum absolute atomic E-state index is 0.361. The van der Waals surface area contributed by atoms with Crippen LogP contribution >= 0.6 is 0 Å². The molecule has 3 aliphatic rings. The molecule has 3 aromatic rings. The zero-order valence-electron chi connectivity index (χ0n) is 18.8. The van der Waals surface area contributed by atoms with Gasteiger partial charge >= 0.3 is 5.97 Å². The van der Waals surface area contributed by atoms with Crippen LogP contribution in [0.3, 0.4) is 0 Å². The smallest absolute Gasteiger partial charge is 0.335 e. The number of benzene rings is 2. The van der Waals surface area contributed by atoms with Crippen molar-refractivity contribution in [3.05, 3.63) is 70.4 Å². The highest BCUT2D eigenvalue weighted by molar-refractivity contribution is 5.88. The molecule has 6 rings (SSSR count). The van der Waals surface area contributed by atoms with Gasteiger partial charge in [0.05, 0.1) is 5.56 Å². The number of aryl methyl sites for hydroxylation is 1. The summed E-state index contributed by atoms with van der Waals surface area (Å²) in [6.07, 6.45) is 9.97. The maximum absolute atomic E-state index is 11.4. The predicted octanol–water partition coefficient (Wildman–Crippen LogP) is 6.42. The number of piperidine rings is 1. The number of hydrogen-bond donors (Lipinski definition) is 2. The molecule has 0 bridgehead atoms. The van der Waals surface area contributed by atoms with Crippen molar-refractivity contribution in [1.82, 2.24) is 9.88 Å². The van der Waals surface area contributed by atoms with Gasteiger partial charge in [-0.15, -0.1) is 0 Å². The van der Waals surface area contributed by atoms with E-state index in [1.807, 2.05) is 0 Å². The first-order valence-corrected chi connectivity index (χ1v) is 12.2. The van der Waals surface area contributed by atoms with Crippen LogP contribution in [0.1, 0.15) is 83.1 Å². The zero-order chi connectivity index (χ0) is 21.8. The molecule has 166 valence electrons. The van der Waals surface area contributed by atoms with Crippen molar-refractivity contribution >= 4 is 16.9 Å². The van der Waals surface area contributed by atoms with Gasteiger partial charge in [-0.1, -0.05) is 18.2 Å². The number of nitrogens with one attached hydrogen (secondary N) is 1. The number of H-pyrrole nitrogens is 1. The number of aromatic amines is 1. The average molecular weight is 429 g/mol. The third-order valence-electron chi connectivity index (χ3n) is 8.15. The number of carboxylic acid groups (broad SMARTS) is 1. The third kappa shape index (κ3) is 3.65. The van der Waals surface area contributed by atoms with Crippen LogP contribution < -0.4 is 0 Å². The Balaban J connectivity index is 1.36. The maximum Gasteiger partial charge on any atom is 0.335 e. The zero-order valence-corrected chi connectivity index (χ0v) is 18.8. The molecular formula is C28H32N2O2. The van der Waals surface area contributed by atoms with Crippen molar-refractivity contribution in [2.75, 3.05) is 6.54 Å². The van der Waals surface area contributed by atoms with E-state index >= 15 is 0 Å². The van der Waals surface area contributed by atoms with E-state index in [2.05, 4.69) is 47.3 Å². The highest BCUT2D eigenvalue weighted by Gasteiger charge is 2.39. The van der Waals surface area contributed by atoms with Gasteiger partial charge in [0, 0.05) is 29.7 Å². The van der Waals surface area contributed by atoms with Gasteiger partial charge in [0.2, 0.25) is 0 Å². The van der Waals surface area contributed by atoms with E-state index in [4.69, 9.17) is 0 Å². The SMILES string of the molecule is Cc1cc(C2CC2)c(CN2CC[C@@H](C3CC3)C[C@H]2c2ccc(C(=O)O)cc2)c2cc[nH]c12. The van der Waals surface area contributed by atoms with E-state index in [9.17, 15) is 9.90 Å². The van der Waals surface area contributed by atoms with E-state index in [0.29, 0.717) is 11.6 Å². The topological polar surface area (TPSA) is 56.3 Å². The van der Waals surface area contributed by atoms with Crippen molar-refractivity contribution in [3.63, 3.8) is 0 Å². The first kappa shape index (κ1) is 20.0. The third-order valence-corrected chi connectivity index (χ3v) is 8.15. The van der Waals surface area contributed by atoms with E-state index in [0.717, 1.165) is 30.8 Å². The van der Waals surface area contributed by atoms with Crippen LogP contribution in [-0.4, -0.2) is 27.5 Å². The molecule has 0 unspecified atom stereocenters. The summed E-state index contributed by atoms with van der Waals surface area (Å²) < 4.78 is 0. The summed E-state index contributed by atoms with van der Waals surface area (Å²) in [5.74, 6) is 1.59. The molecule has 2 aromatic carbocycles. The van der Waals surface area contributed by atoms with E-state index < -0.39 is 5.97 Å². The van der Waals surface area contributed by atoms with E-state index in [1.54, 1.807) is 17.7 Å². The Hall–Kier alpha value is -2.59. The van der Waals surface area contributed by atoms with Crippen LogP contribution in [0, 0.1) is 18.8 Å². The van der Waals surface area contributed by atoms with Gasteiger partial charge in [0.25, 0.3) is 0 Å². The Morgan fingerprint density at radius 3 is 2.53 bits per heavy atom. The Kier molecular flexibility index (Phi) is 4.87. The molecule has 4 heteroatoms. The average Bonchev–Trinajstić information content (AvgIpc) is 3.74. The van der Waals surface area contributed by atoms with Crippen LogP contribution in [0.5, 0.6) is 0 Å². The summed E-state index contributed by atoms with van der Waals surface area (Å²) in [7, 11) is 0. The first-order valence-electron chi connectivity index (χ1n) is 12.2. The lowest BCUT2D eigenvalue weighted by molar-refractivity contribution is 0.0696. The lowest BCUT2D eigenvalue weighted by Gasteiger charge is -2.40. The Bertz CT molecular complexity index is 1150. The fourth-order valence-corrected chi connectivity index (χ4v) is 6.05. The van der Waals surface area contributed by atoms with Gasteiger partial charge in [-0.05, 0) is 110 Å². The quantitative estimate of drug-likeness (QED) is 0.477. The second-order valence-electron chi connectivity index (χ2n) is 10.3. The van der Waals surface area contributed by atoms with Crippen molar-refractivity contribution in [3.8, 4) is 0 Å². The number of carbonyl (C=O) groups is 1. The number of fused-ring (bicyclic) bond motifs is 1. The molecule has 2 saturated carbocycles. The summed E-state index contributed by atoms with van der Waals surface area (Å²) in [4.78, 5) is 17.5. The molecule has 1 saturated heterocycles. The summed E-state index contributed by atoms with van der Waals surface area (Å²) in [5, 5.41) is 10.7. The number of carboxylic acids is 1. The van der Waals surface area contributed by atoms with Crippen LogP contribution in [-0.2, 0) is 6.54 Å². The summed E-state index contributed by atoms with van der Waals surface area (Å²) in [6.45, 7) is 4.32. The van der Waals surface area contributed by atoms with Crippen molar-refractivity contribution < 1.29 is 9.90 Å². The van der Waals surface area contributed by atoms with Crippen LogP contribution in [0.15, 0.2) is 42.6 Å². The minimum atomic E-state index is -0.850. The second kappa shape index (κ2) is 7.77. The highest BCUT2D eigenvalue weighted by atomic mass is 16.4. The fourth-order valence-electron chi connectivity index (χ4n) is 6.05. The number of aromatic nitrogens is 1. The van der Waals surface area contributed by atoms with Gasteiger partial charge in [-0.2, -0.15) is 0 Å². The van der Waals surface area contributed by atoms with Gasteiger partial charge in [-0.3, -0.25) is 4.90 Å². The molecule has 4 nitrogen and oxygen atoms in total. The Labute approximate surface area is 189 Å². The number of hydrogen-bond acceptors (Lipinski definition) is 2. The van der Waals surface area contributed by atoms with E-state index in [-0.39, 0.29) is 0 Å². The molecule has 2 atom stereocenters. The van der Waals surface area contributed by atoms with Crippen LogP contribution in [0.2, 0.25) is 0 Å². The maximum atomic E-state index is 11.4. The number of nitrogens with zero attached hydrogens (tertiary/aromatic N) is 1. The monoisotopic (exact) mass is 428 g/mol. The molecule has 0 radical (unpaired) electrons. The summed E-state index contributed by atoms with van der Waals surface area (Å²) in [5.41, 5.74) is 7.33. The van der Waals surface area contributed by atoms with E-state index in [1.165, 1.54) is 66.1 Å². The molecular weight excluding hydrogens is 396 g/mol. The van der Waals surface area contributed by atoms with Crippen molar-refractivity contribution in [2.45, 2.75) is 64.0 Å². The Morgan fingerprint density at radius 2 is 1.84 bits per heavy atom. The molecule has 2 aliphatic carbocycles. The van der Waals surface area contributed by atoms with Gasteiger partial charge in [-0.25, -0.2) is 4.79 Å². The van der Waals surface area contributed by atoms with Crippen molar-refractivity contribution in [2.24, 2.45) is 11.8 Å². The normalized spacial score (nSPS) is 24.2. The van der Waals surface area contributed by atoms with Crippen molar-refractivity contribution in [1.29, 1.82) is 0 Å². The lowest BCUT2D eigenvalue weighted by atomic mass is 9.83. The fraction of sp³-hybridized carbons (Fsp3) is 0.464.